The van der Waals surface area contributed by atoms with Gasteiger partial charge in [0.15, 0.2) is 0 Å². The normalized spacial score (nSPS) is 10.8. The first-order chi connectivity index (χ1) is 9.65. The zero-order valence-corrected chi connectivity index (χ0v) is 12.1. The minimum absolute atomic E-state index is 0.0581. The number of nitrogens with one attached hydrogen (secondary N) is 1. The van der Waals surface area contributed by atoms with Gasteiger partial charge in [0, 0.05) is 17.0 Å². The summed E-state index contributed by atoms with van der Waals surface area (Å²) >= 11 is 1.61. The number of likely N-dealkylation sites (N-methyl/N-ethyl adjacent to an activating group) is 1. The fourth-order valence-corrected chi connectivity index (χ4v) is 2.52. The summed E-state index contributed by atoms with van der Waals surface area (Å²) in [5, 5.41) is 4.83. The quantitative estimate of drug-likeness (QED) is 0.887. The highest BCUT2D eigenvalue weighted by atomic mass is 32.1. The van der Waals surface area contributed by atoms with E-state index in [4.69, 9.17) is 0 Å². The summed E-state index contributed by atoms with van der Waals surface area (Å²) in [5.74, 6) is -0.296. The van der Waals surface area contributed by atoms with Gasteiger partial charge in [0.1, 0.15) is 5.82 Å². The lowest BCUT2D eigenvalue weighted by molar-refractivity contribution is -0.122. The highest BCUT2D eigenvalue weighted by Crippen LogP contribution is 2.09. The summed E-state index contributed by atoms with van der Waals surface area (Å²) in [6.07, 6.45) is 0. The molecule has 1 heterocycles. The molecule has 0 aliphatic rings. The molecule has 2 aromatic rings. The molecule has 0 radical (unpaired) electrons. The number of nitrogens with zero attached hydrogens (tertiary/aromatic N) is 1. The molecule has 0 aliphatic heterocycles. The molecule has 1 amide bonds. The van der Waals surface area contributed by atoms with Crippen molar-refractivity contribution in [3.8, 4) is 0 Å². The van der Waals surface area contributed by atoms with Gasteiger partial charge in [-0.3, -0.25) is 9.69 Å². The lowest BCUT2D eigenvalue weighted by Gasteiger charge is -2.16. The summed E-state index contributed by atoms with van der Waals surface area (Å²) in [4.78, 5) is 14.7. The van der Waals surface area contributed by atoms with Crippen LogP contribution in [0.25, 0.3) is 0 Å². The monoisotopic (exact) mass is 292 g/mol. The van der Waals surface area contributed by atoms with Crippen LogP contribution < -0.4 is 5.32 Å². The van der Waals surface area contributed by atoms with Gasteiger partial charge in [0.2, 0.25) is 5.91 Å². The molecule has 0 bridgehead atoms. The van der Waals surface area contributed by atoms with E-state index in [0.717, 1.165) is 4.88 Å². The number of amides is 1. The van der Waals surface area contributed by atoms with E-state index in [1.54, 1.807) is 41.5 Å². The molecular weight excluding hydrogens is 275 g/mol. The highest BCUT2D eigenvalue weighted by molar-refractivity contribution is 7.09. The van der Waals surface area contributed by atoms with Gasteiger partial charge >= 0.3 is 0 Å². The zero-order chi connectivity index (χ0) is 14.4. The predicted octanol–water partition coefficient (Wildman–Crippen LogP) is 2.64. The number of thiophene rings is 1. The van der Waals surface area contributed by atoms with E-state index < -0.39 is 0 Å². The van der Waals surface area contributed by atoms with Gasteiger partial charge < -0.3 is 5.32 Å². The van der Waals surface area contributed by atoms with Gasteiger partial charge in [-0.2, -0.15) is 0 Å². The van der Waals surface area contributed by atoms with E-state index in [0.29, 0.717) is 18.7 Å². The summed E-state index contributed by atoms with van der Waals surface area (Å²) in [7, 11) is 1.80. The van der Waals surface area contributed by atoms with Crippen LogP contribution in [0.2, 0.25) is 0 Å². The molecule has 0 spiro atoms. The Balaban J connectivity index is 1.78. The Morgan fingerprint density at radius 2 is 2.10 bits per heavy atom. The molecule has 20 heavy (non-hydrogen) atoms. The number of hydrogen-bond acceptors (Lipinski definition) is 3. The van der Waals surface area contributed by atoms with Crippen LogP contribution in [0.3, 0.4) is 0 Å². The number of rotatable bonds is 6. The van der Waals surface area contributed by atoms with Gasteiger partial charge in [0.25, 0.3) is 0 Å². The second-order valence-electron chi connectivity index (χ2n) is 4.62. The van der Waals surface area contributed by atoms with Crippen molar-refractivity contribution in [2.45, 2.75) is 13.1 Å². The maximum atomic E-state index is 13.5. The highest BCUT2D eigenvalue weighted by Gasteiger charge is 2.09. The molecule has 0 atom stereocenters. The molecule has 1 aromatic heterocycles. The molecular formula is C15H17FN2OS. The maximum absolute atomic E-state index is 13.5. The van der Waals surface area contributed by atoms with E-state index >= 15 is 0 Å². The van der Waals surface area contributed by atoms with Crippen molar-refractivity contribution in [3.05, 3.63) is 58.0 Å². The first-order valence-corrected chi connectivity index (χ1v) is 7.24. The van der Waals surface area contributed by atoms with Crippen LogP contribution in [0, 0.1) is 5.82 Å². The van der Waals surface area contributed by atoms with Crippen LogP contribution in [0.1, 0.15) is 10.4 Å². The molecule has 1 N–H and O–H groups in total. The van der Waals surface area contributed by atoms with Crippen molar-refractivity contribution in [3.63, 3.8) is 0 Å². The minimum atomic E-state index is -0.238. The largest absolute Gasteiger partial charge is 0.350 e. The number of carbonyl (C=O) groups is 1. The van der Waals surface area contributed by atoms with Gasteiger partial charge in [-0.1, -0.05) is 24.3 Å². The van der Waals surface area contributed by atoms with Crippen molar-refractivity contribution in [2.24, 2.45) is 0 Å². The fourth-order valence-electron chi connectivity index (χ4n) is 1.87. The molecule has 2 rings (SSSR count). The summed E-state index contributed by atoms with van der Waals surface area (Å²) < 4.78 is 13.5. The second kappa shape index (κ2) is 7.17. The van der Waals surface area contributed by atoms with Gasteiger partial charge in [-0.15, -0.1) is 11.3 Å². The average molecular weight is 292 g/mol. The van der Waals surface area contributed by atoms with Crippen molar-refractivity contribution in [2.75, 3.05) is 13.6 Å². The Hall–Kier alpha value is -1.72. The van der Waals surface area contributed by atoms with Crippen LogP contribution in [0.15, 0.2) is 41.8 Å². The summed E-state index contributed by atoms with van der Waals surface area (Å²) in [6.45, 7) is 1.21. The lowest BCUT2D eigenvalue weighted by Crippen LogP contribution is -2.34. The second-order valence-corrected chi connectivity index (χ2v) is 5.65. The van der Waals surface area contributed by atoms with Crippen LogP contribution >= 0.6 is 11.3 Å². The van der Waals surface area contributed by atoms with Crippen molar-refractivity contribution >= 4 is 17.2 Å². The summed E-state index contributed by atoms with van der Waals surface area (Å²) in [6, 6.07) is 10.6. The van der Waals surface area contributed by atoms with E-state index in [-0.39, 0.29) is 18.3 Å². The SMILES string of the molecule is CN(CC(=O)NCc1cccs1)Cc1ccccc1F. The average Bonchev–Trinajstić information content (AvgIpc) is 2.92. The molecule has 0 saturated carbocycles. The third-order valence-corrected chi connectivity index (χ3v) is 3.73. The Morgan fingerprint density at radius 3 is 2.80 bits per heavy atom. The van der Waals surface area contributed by atoms with E-state index in [1.165, 1.54) is 6.07 Å². The van der Waals surface area contributed by atoms with Gasteiger partial charge in [-0.05, 0) is 24.6 Å². The molecule has 0 fully saturated rings. The summed E-state index contributed by atoms with van der Waals surface area (Å²) in [5.41, 5.74) is 0.598. The van der Waals surface area contributed by atoms with E-state index in [9.17, 15) is 9.18 Å². The number of benzene rings is 1. The minimum Gasteiger partial charge on any atom is -0.350 e. The standard InChI is InChI=1S/C15H17FN2OS/c1-18(10-12-5-2-3-7-14(12)16)11-15(19)17-9-13-6-4-8-20-13/h2-8H,9-11H2,1H3,(H,17,19). The Bertz CT molecular complexity index is 557. The van der Waals surface area contributed by atoms with Crippen LogP contribution in [-0.4, -0.2) is 24.4 Å². The number of carbonyl (C=O) groups excluding carboxylic acids is 1. The van der Waals surface area contributed by atoms with Crippen molar-refractivity contribution in [1.82, 2.24) is 10.2 Å². The van der Waals surface area contributed by atoms with E-state index in [2.05, 4.69) is 5.32 Å². The number of halogens is 1. The van der Waals surface area contributed by atoms with Gasteiger partial charge in [0.05, 0.1) is 13.1 Å². The molecule has 3 nitrogen and oxygen atoms in total. The Morgan fingerprint density at radius 1 is 1.30 bits per heavy atom. The molecule has 0 saturated heterocycles. The topological polar surface area (TPSA) is 32.3 Å². The van der Waals surface area contributed by atoms with Crippen LogP contribution in [-0.2, 0) is 17.9 Å². The Kier molecular flexibility index (Phi) is 5.26. The van der Waals surface area contributed by atoms with E-state index in [1.807, 2.05) is 17.5 Å². The maximum Gasteiger partial charge on any atom is 0.234 e. The third-order valence-electron chi connectivity index (χ3n) is 2.85. The van der Waals surface area contributed by atoms with Crippen LogP contribution in [0.5, 0.6) is 0 Å². The molecule has 1 aromatic carbocycles. The first-order valence-electron chi connectivity index (χ1n) is 6.36. The fraction of sp³-hybridized carbons (Fsp3) is 0.267. The molecule has 5 heteroatoms. The molecule has 0 unspecified atom stereocenters. The first kappa shape index (κ1) is 14.7. The van der Waals surface area contributed by atoms with Crippen LogP contribution in [0.4, 0.5) is 4.39 Å². The van der Waals surface area contributed by atoms with Crippen molar-refractivity contribution in [1.29, 1.82) is 0 Å². The molecule has 106 valence electrons. The zero-order valence-electron chi connectivity index (χ0n) is 11.3. The third kappa shape index (κ3) is 4.43. The Labute approximate surface area is 122 Å². The lowest BCUT2D eigenvalue weighted by atomic mass is 10.2. The smallest absolute Gasteiger partial charge is 0.234 e. The van der Waals surface area contributed by atoms with Gasteiger partial charge in [-0.25, -0.2) is 4.39 Å². The molecule has 0 aliphatic carbocycles. The number of hydrogen-bond donors (Lipinski definition) is 1. The predicted molar refractivity (Wildman–Crippen MR) is 78.9 cm³/mol. The van der Waals surface area contributed by atoms with Crippen molar-refractivity contribution < 1.29 is 9.18 Å².